The maximum atomic E-state index is 10.6. The molecule has 2 N–H and O–H groups in total. The maximum absolute atomic E-state index is 10.6. The molecule has 0 aliphatic heterocycles. The molecule has 2 aromatic heterocycles. The Kier molecular flexibility index (Phi) is 2.82. The van der Waals surface area contributed by atoms with Crippen molar-refractivity contribution in [1.82, 2.24) is 15.4 Å². The Hall–Kier alpha value is -1.96. The van der Waals surface area contributed by atoms with Gasteiger partial charge >= 0.3 is 5.97 Å². The lowest BCUT2D eigenvalue weighted by molar-refractivity contribution is -0.137. The number of rotatable bonds is 4. The van der Waals surface area contributed by atoms with E-state index in [-0.39, 0.29) is 0 Å². The predicted molar refractivity (Wildman–Crippen MR) is 56.1 cm³/mol. The van der Waals surface area contributed by atoms with Gasteiger partial charge in [-0.05, 0) is 6.92 Å². The van der Waals surface area contributed by atoms with Gasteiger partial charge in [-0.2, -0.15) is 0 Å². The van der Waals surface area contributed by atoms with E-state index < -0.39 is 12.0 Å². The van der Waals surface area contributed by atoms with E-state index in [1.165, 1.54) is 24.5 Å². The number of carbonyl (C=O) groups is 1. The number of hydrogen-bond acceptors (Lipinski definition) is 7. The number of carboxylic acids is 1. The first-order valence-electron chi connectivity index (χ1n) is 4.40. The highest BCUT2D eigenvalue weighted by molar-refractivity contribution is 7.18. The van der Waals surface area contributed by atoms with E-state index in [4.69, 9.17) is 5.11 Å². The minimum absolute atomic E-state index is 0.438. The normalized spacial score (nSPS) is 12.3. The molecule has 0 unspecified atom stereocenters. The summed E-state index contributed by atoms with van der Waals surface area (Å²) in [5.74, 6) is -0.946. The minimum atomic E-state index is -0.946. The molecule has 2 heterocycles. The Morgan fingerprint density at radius 3 is 3.06 bits per heavy atom. The Balaban J connectivity index is 2.11. The number of anilines is 1. The highest BCUT2D eigenvalue weighted by Crippen LogP contribution is 2.24. The third-order valence-corrected chi connectivity index (χ3v) is 2.67. The Labute approximate surface area is 94.1 Å². The van der Waals surface area contributed by atoms with Crippen LogP contribution in [0, 0.1) is 0 Å². The second-order valence-corrected chi connectivity index (χ2v) is 3.98. The van der Waals surface area contributed by atoms with Crippen LogP contribution in [0.1, 0.15) is 6.92 Å². The van der Waals surface area contributed by atoms with Gasteiger partial charge in [0.15, 0.2) is 5.01 Å². The molecule has 0 radical (unpaired) electrons. The molecule has 0 aromatic carbocycles. The van der Waals surface area contributed by atoms with Gasteiger partial charge in [0.25, 0.3) is 0 Å². The molecule has 84 valence electrons. The van der Waals surface area contributed by atoms with Crippen molar-refractivity contribution in [3.63, 3.8) is 0 Å². The van der Waals surface area contributed by atoms with Crippen LogP contribution in [0.3, 0.4) is 0 Å². The largest absolute Gasteiger partial charge is 0.480 e. The van der Waals surface area contributed by atoms with Crippen LogP contribution in [-0.2, 0) is 4.79 Å². The highest BCUT2D eigenvalue weighted by atomic mass is 32.1. The van der Waals surface area contributed by atoms with E-state index in [9.17, 15) is 4.79 Å². The molecule has 0 bridgehead atoms. The van der Waals surface area contributed by atoms with Crippen LogP contribution in [0.25, 0.3) is 10.7 Å². The van der Waals surface area contributed by atoms with Crippen LogP contribution in [0.4, 0.5) is 5.13 Å². The van der Waals surface area contributed by atoms with E-state index in [0.29, 0.717) is 15.8 Å². The number of aliphatic carboxylic acids is 1. The van der Waals surface area contributed by atoms with Gasteiger partial charge in [0.2, 0.25) is 5.13 Å². The number of nitrogens with zero attached hydrogens (tertiary/aromatic N) is 3. The van der Waals surface area contributed by atoms with Gasteiger partial charge in [-0.15, -0.1) is 10.2 Å². The summed E-state index contributed by atoms with van der Waals surface area (Å²) in [6, 6.07) is 0.948. The van der Waals surface area contributed by atoms with Crippen molar-refractivity contribution in [3.05, 3.63) is 12.3 Å². The van der Waals surface area contributed by atoms with Gasteiger partial charge in [0, 0.05) is 6.07 Å². The fourth-order valence-electron chi connectivity index (χ4n) is 0.955. The molecule has 0 saturated carbocycles. The summed E-state index contributed by atoms with van der Waals surface area (Å²) >= 11 is 1.22. The van der Waals surface area contributed by atoms with E-state index >= 15 is 0 Å². The summed E-state index contributed by atoms with van der Waals surface area (Å²) in [5.41, 5.74) is 0.577. The summed E-state index contributed by atoms with van der Waals surface area (Å²) < 4.78 is 4.67. The minimum Gasteiger partial charge on any atom is -0.480 e. The average molecular weight is 240 g/mol. The SMILES string of the molecule is C[C@H](Nc1nnc(-c2ccon2)s1)C(=O)O. The van der Waals surface area contributed by atoms with Crippen LogP contribution in [-0.4, -0.2) is 32.5 Å². The summed E-state index contributed by atoms with van der Waals surface area (Å²) in [6.07, 6.45) is 1.43. The number of aromatic nitrogens is 3. The molecule has 2 aromatic rings. The van der Waals surface area contributed by atoms with Crippen LogP contribution in [0.5, 0.6) is 0 Å². The van der Waals surface area contributed by atoms with E-state index in [1.54, 1.807) is 6.07 Å². The zero-order chi connectivity index (χ0) is 11.5. The smallest absolute Gasteiger partial charge is 0.325 e. The molecule has 1 atom stereocenters. The van der Waals surface area contributed by atoms with E-state index in [0.717, 1.165) is 0 Å². The van der Waals surface area contributed by atoms with Crippen molar-refractivity contribution >= 4 is 22.4 Å². The quantitative estimate of drug-likeness (QED) is 0.824. The Morgan fingerprint density at radius 2 is 2.44 bits per heavy atom. The monoisotopic (exact) mass is 240 g/mol. The van der Waals surface area contributed by atoms with Crippen molar-refractivity contribution in [2.45, 2.75) is 13.0 Å². The summed E-state index contributed by atoms with van der Waals surface area (Å²) in [6.45, 7) is 1.53. The molecule has 2 rings (SSSR count). The van der Waals surface area contributed by atoms with Crippen LogP contribution >= 0.6 is 11.3 Å². The van der Waals surface area contributed by atoms with Crippen LogP contribution < -0.4 is 5.32 Å². The first kappa shape index (κ1) is 10.6. The van der Waals surface area contributed by atoms with Gasteiger partial charge in [-0.1, -0.05) is 16.5 Å². The second kappa shape index (κ2) is 4.27. The van der Waals surface area contributed by atoms with Crippen molar-refractivity contribution in [2.24, 2.45) is 0 Å². The summed E-state index contributed by atoms with van der Waals surface area (Å²) in [5, 5.41) is 23.8. The maximum Gasteiger partial charge on any atom is 0.325 e. The van der Waals surface area contributed by atoms with Gasteiger partial charge in [-0.3, -0.25) is 4.79 Å². The lowest BCUT2D eigenvalue weighted by atomic mass is 10.4. The predicted octanol–water partition coefficient (Wildman–Crippen LogP) is 1.08. The summed E-state index contributed by atoms with van der Waals surface area (Å²) in [4.78, 5) is 10.6. The third kappa shape index (κ3) is 2.16. The standard InChI is InChI=1S/C8H8N4O3S/c1-4(7(13)14)9-8-11-10-6(16-8)5-2-3-15-12-5/h2-4H,1H3,(H,9,11)(H,13,14)/t4-/m0/s1. The lowest BCUT2D eigenvalue weighted by Crippen LogP contribution is -2.25. The van der Waals surface area contributed by atoms with Crippen molar-refractivity contribution in [3.8, 4) is 10.7 Å². The second-order valence-electron chi connectivity index (χ2n) is 3.00. The first-order chi connectivity index (χ1) is 7.66. The van der Waals surface area contributed by atoms with E-state index in [2.05, 4.69) is 25.2 Å². The number of hydrogen-bond donors (Lipinski definition) is 2. The molecule has 7 nitrogen and oxygen atoms in total. The zero-order valence-corrected chi connectivity index (χ0v) is 9.06. The average Bonchev–Trinajstić information content (AvgIpc) is 2.85. The molecule has 0 fully saturated rings. The number of nitrogens with one attached hydrogen (secondary N) is 1. The molecular formula is C8H8N4O3S. The Bertz CT molecular complexity index is 481. The van der Waals surface area contributed by atoms with Gasteiger partial charge < -0.3 is 14.9 Å². The van der Waals surface area contributed by atoms with Crippen LogP contribution in [0.2, 0.25) is 0 Å². The molecule has 16 heavy (non-hydrogen) atoms. The molecule has 0 spiro atoms. The van der Waals surface area contributed by atoms with Gasteiger partial charge in [-0.25, -0.2) is 0 Å². The third-order valence-electron chi connectivity index (χ3n) is 1.79. The lowest BCUT2D eigenvalue weighted by Gasteiger charge is -2.05. The van der Waals surface area contributed by atoms with Gasteiger partial charge in [0.05, 0.1) is 0 Å². The first-order valence-corrected chi connectivity index (χ1v) is 5.22. The molecule has 0 aliphatic carbocycles. The van der Waals surface area contributed by atoms with E-state index in [1.807, 2.05) is 0 Å². The topological polar surface area (TPSA) is 101 Å². The Morgan fingerprint density at radius 1 is 1.62 bits per heavy atom. The van der Waals surface area contributed by atoms with Crippen molar-refractivity contribution < 1.29 is 14.4 Å². The fourth-order valence-corrected chi connectivity index (χ4v) is 1.75. The highest BCUT2D eigenvalue weighted by Gasteiger charge is 2.14. The molecule has 0 saturated heterocycles. The summed E-state index contributed by atoms with van der Waals surface area (Å²) in [7, 11) is 0. The zero-order valence-electron chi connectivity index (χ0n) is 8.25. The van der Waals surface area contributed by atoms with Crippen molar-refractivity contribution in [1.29, 1.82) is 0 Å². The molecule has 0 aliphatic rings. The van der Waals surface area contributed by atoms with Crippen LogP contribution in [0.15, 0.2) is 16.9 Å². The number of carboxylic acid groups (broad SMARTS) is 1. The van der Waals surface area contributed by atoms with Crippen molar-refractivity contribution in [2.75, 3.05) is 5.32 Å². The molecule has 8 heteroatoms. The molecule has 0 amide bonds. The molecular weight excluding hydrogens is 232 g/mol. The van der Waals surface area contributed by atoms with Gasteiger partial charge in [0.1, 0.15) is 18.0 Å². The fraction of sp³-hybridized carbons (Fsp3) is 0.250.